The SMILES string of the molecule is O=C(/C=C/c1ccc(O)cc1)c1ccco1. The van der Waals surface area contributed by atoms with Crippen LogP contribution in [0.2, 0.25) is 0 Å². The average molecular weight is 214 g/mol. The Hall–Kier alpha value is -2.29. The van der Waals surface area contributed by atoms with E-state index in [1.54, 1.807) is 42.5 Å². The minimum Gasteiger partial charge on any atom is -0.508 e. The third-order valence-corrected chi connectivity index (χ3v) is 2.08. The van der Waals surface area contributed by atoms with Crippen LogP contribution in [0.1, 0.15) is 16.1 Å². The number of phenols is 1. The van der Waals surface area contributed by atoms with Crippen LogP contribution in [0.5, 0.6) is 5.75 Å². The van der Waals surface area contributed by atoms with E-state index in [9.17, 15) is 4.79 Å². The van der Waals surface area contributed by atoms with Gasteiger partial charge < -0.3 is 9.52 Å². The molecule has 0 bridgehead atoms. The fourth-order valence-corrected chi connectivity index (χ4v) is 1.26. The first-order valence-corrected chi connectivity index (χ1v) is 4.80. The van der Waals surface area contributed by atoms with Gasteiger partial charge in [-0.25, -0.2) is 0 Å². The van der Waals surface area contributed by atoms with Crippen LogP contribution in [-0.2, 0) is 0 Å². The van der Waals surface area contributed by atoms with Crippen molar-refractivity contribution in [3.05, 3.63) is 60.1 Å². The van der Waals surface area contributed by atoms with Crippen LogP contribution in [0.4, 0.5) is 0 Å². The summed E-state index contributed by atoms with van der Waals surface area (Å²) in [6, 6.07) is 9.86. The molecule has 0 saturated heterocycles. The molecular weight excluding hydrogens is 204 g/mol. The fourth-order valence-electron chi connectivity index (χ4n) is 1.26. The van der Waals surface area contributed by atoms with Gasteiger partial charge in [-0.3, -0.25) is 4.79 Å². The normalized spacial score (nSPS) is 10.8. The molecule has 0 aliphatic carbocycles. The maximum atomic E-state index is 11.5. The number of benzene rings is 1. The molecule has 3 nitrogen and oxygen atoms in total. The molecule has 0 aliphatic rings. The van der Waals surface area contributed by atoms with Gasteiger partial charge in [0, 0.05) is 0 Å². The number of hydrogen-bond acceptors (Lipinski definition) is 3. The first-order valence-electron chi connectivity index (χ1n) is 4.80. The van der Waals surface area contributed by atoms with Crippen LogP contribution >= 0.6 is 0 Å². The summed E-state index contributed by atoms with van der Waals surface area (Å²) < 4.78 is 4.96. The van der Waals surface area contributed by atoms with E-state index in [-0.39, 0.29) is 11.5 Å². The van der Waals surface area contributed by atoms with E-state index in [1.807, 2.05) is 0 Å². The molecule has 2 aromatic rings. The van der Waals surface area contributed by atoms with Gasteiger partial charge in [0.05, 0.1) is 6.26 Å². The summed E-state index contributed by atoms with van der Waals surface area (Å²) in [5.74, 6) is 0.336. The number of furan rings is 1. The zero-order valence-electron chi connectivity index (χ0n) is 8.46. The second kappa shape index (κ2) is 4.49. The van der Waals surface area contributed by atoms with Gasteiger partial charge in [0.2, 0.25) is 5.78 Å². The predicted octanol–water partition coefficient (Wildman–Crippen LogP) is 2.88. The first kappa shape index (κ1) is 10.2. The molecule has 1 aromatic carbocycles. The molecule has 0 atom stereocenters. The molecule has 16 heavy (non-hydrogen) atoms. The Balaban J connectivity index is 2.10. The van der Waals surface area contributed by atoms with E-state index >= 15 is 0 Å². The summed E-state index contributed by atoms with van der Waals surface area (Å²) in [6.07, 6.45) is 4.57. The van der Waals surface area contributed by atoms with Gasteiger partial charge in [0.25, 0.3) is 0 Å². The number of carbonyl (C=O) groups excluding carboxylic acids is 1. The molecule has 2 rings (SSSR count). The van der Waals surface area contributed by atoms with Crippen molar-refractivity contribution in [1.29, 1.82) is 0 Å². The number of aromatic hydroxyl groups is 1. The molecule has 0 unspecified atom stereocenters. The van der Waals surface area contributed by atoms with E-state index in [2.05, 4.69) is 0 Å². The summed E-state index contributed by atoms with van der Waals surface area (Å²) in [7, 11) is 0. The molecule has 0 saturated carbocycles. The lowest BCUT2D eigenvalue weighted by molar-refractivity contribution is 0.102. The van der Waals surface area contributed by atoms with Gasteiger partial charge in [-0.15, -0.1) is 0 Å². The molecule has 0 aliphatic heterocycles. The van der Waals surface area contributed by atoms with Crippen molar-refractivity contribution in [1.82, 2.24) is 0 Å². The zero-order valence-corrected chi connectivity index (χ0v) is 8.46. The molecule has 1 aromatic heterocycles. The number of rotatable bonds is 3. The van der Waals surface area contributed by atoms with Crippen molar-refractivity contribution in [2.45, 2.75) is 0 Å². The van der Waals surface area contributed by atoms with Crippen molar-refractivity contribution in [2.75, 3.05) is 0 Å². The van der Waals surface area contributed by atoms with Gasteiger partial charge in [-0.05, 0) is 35.9 Å². The highest BCUT2D eigenvalue weighted by Gasteiger charge is 2.03. The lowest BCUT2D eigenvalue weighted by Crippen LogP contribution is -1.89. The molecular formula is C13H10O3. The molecule has 0 radical (unpaired) electrons. The van der Waals surface area contributed by atoms with Crippen molar-refractivity contribution in [2.24, 2.45) is 0 Å². The smallest absolute Gasteiger partial charge is 0.221 e. The van der Waals surface area contributed by atoms with Crippen LogP contribution < -0.4 is 0 Å². The Bertz CT molecular complexity index is 492. The average Bonchev–Trinajstić information content (AvgIpc) is 2.81. The zero-order chi connectivity index (χ0) is 11.4. The maximum Gasteiger partial charge on any atom is 0.221 e. The van der Waals surface area contributed by atoms with Gasteiger partial charge in [-0.2, -0.15) is 0 Å². The number of carbonyl (C=O) groups is 1. The minimum absolute atomic E-state index is 0.182. The number of ketones is 1. The molecule has 1 N–H and O–H groups in total. The Morgan fingerprint density at radius 2 is 1.94 bits per heavy atom. The molecule has 0 fully saturated rings. The Morgan fingerprint density at radius 3 is 2.56 bits per heavy atom. The van der Waals surface area contributed by atoms with Gasteiger partial charge in [0.1, 0.15) is 5.75 Å². The van der Waals surface area contributed by atoms with Gasteiger partial charge in [-0.1, -0.05) is 18.2 Å². The van der Waals surface area contributed by atoms with E-state index in [4.69, 9.17) is 9.52 Å². The van der Waals surface area contributed by atoms with Crippen LogP contribution in [0, 0.1) is 0 Å². The molecule has 3 heteroatoms. The summed E-state index contributed by atoms with van der Waals surface area (Å²) in [5.41, 5.74) is 0.845. The van der Waals surface area contributed by atoms with E-state index < -0.39 is 0 Å². The summed E-state index contributed by atoms with van der Waals surface area (Å²) >= 11 is 0. The molecule has 80 valence electrons. The Morgan fingerprint density at radius 1 is 1.19 bits per heavy atom. The third-order valence-electron chi connectivity index (χ3n) is 2.08. The lowest BCUT2D eigenvalue weighted by Gasteiger charge is -1.93. The summed E-state index contributed by atoms with van der Waals surface area (Å²) in [6.45, 7) is 0. The Kier molecular flexibility index (Phi) is 2.87. The summed E-state index contributed by atoms with van der Waals surface area (Å²) in [5, 5.41) is 9.08. The highest BCUT2D eigenvalue weighted by atomic mass is 16.3. The number of phenolic OH excluding ortho intramolecular Hbond substituents is 1. The van der Waals surface area contributed by atoms with Crippen LogP contribution in [0.25, 0.3) is 6.08 Å². The van der Waals surface area contributed by atoms with Crippen molar-refractivity contribution in [3.63, 3.8) is 0 Å². The molecule has 1 heterocycles. The van der Waals surface area contributed by atoms with E-state index in [1.165, 1.54) is 12.3 Å². The van der Waals surface area contributed by atoms with Crippen LogP contribution in [-0.4, -0.2) is 10.9 Å². The second-order valence-electron chi connectivity index (χ2n) is 3.27. The van der Waals surface area contributed by atoms with Crippen molar-refractivity contribution in [3.8, 4) is 5.75 Å². The van der Waals surface area contributed by atoms with Crippen LogP contribution in [0.3, 0.4) is 0 Å². The summed E-state index contributed by atoms with van der Waals surface area (Å²) in [4.78, 5) is 11.5. The van der Waals surface area contributed by atoms with Crippen LogP contribution in [0.15, 0.2) is 53.2 Å². The van der Waals surface area contributed by atoms with E-state index in [0.29, 0.717) is 5.76 Å². The van der Waals surface area contributed by atoms with Crippen molar-refractivity contribution < 1.29 is 14.3 Å². The quantitative estimate of drug-likeness (QED) is 0.631. The fraction of sp³-hybridized carbons (Fsp3) is 0. The Labute approximate surface area is 92.6 Å². The van der Waals surface area contributed by atoms with Gasteiger partial charge in [0.15, 0.2) is 5.76 Å². The lowest BCUT2D eigenvalue weighted by atomic mass is 10.2. The molecule has 0 spiro atoms. The molecule has 0 amide bonds. The monoisotopic (exact) mass is 214 g/mol. The second-order valence-corrected chi connectivity index (χ2v) is 3.27. The predicted molar refractivity (Wildman–Crippen MR) is 60.2 cm³/mol. The first-order chi connectivity index (χ1) is 7.75. The number of hydrogen-bond donors (Lipinski definition) is 1. The maximum absolute atomic E-state index is 11.5. The van der Waals surface area contributed by atoms with Gasteiger partial charge >= 0.3 is 0 Å². The topological polar surface area (TPSA) is 50.4 Å². The van der Waals surface area contributed by atoms with E-state index in [0.717, 1.165) is 5.56 Å². The largest absolute Gasteiger partial charge is 0.508 e. The highest BCUT2D eigenvalue weighted by molar-refractivity contribution is 6.04. The number of allylic oxidation sites excluding steroid dienone is 1. The van der Waals surface area contributed by atoms with Crippen molar-refractivity contribution >= 4 is 11.9 Å². The third kappa shape index (κ3) is 2.39. The highest BCUT2D eigenvalue weighted by Crippen LogP contribution is 2.11. The standard InChI is InChI=1S/C13H10O3/c14-11-6-3-10(4-7-11)5-8-12(15)13-2-1-9-16-13/h1-9,14H/b8-5+. The minimum atomic E-state index is -0.182.